The van der Waals surface area contributed by atoms with Crippen LogP contribution in [0.25, 0.3) is 0 Å². The lowest BCUT2D eigenvalue weighted by molar-refractivity contribution is 0.174. The molecule has 0 unspecified atom stereocenters. The van der Waals surface area contributed by atoms with Crippen molar-refractivity contribution >= 4 is 34.8 Å². The minimum Gasteiger partial charge on any atom is -0.481 e. The Balaban J connectivity index is 1.20. The summed E-state index contributed by atoms with van der Waals surface area (Å²) in [6.45, 7) is 4.30. The van der Waals surface area contributed by atoms with Gasteiger partial charge >= 0.3 is 0 Å². The summed E-state index contributed by atoms with van der Waals surface area (Å²) in [5.74, 6) is 3.18. The molecule has 3 heterocycles. The van der Waals surface area contributed by atoms with E-state index in [2.05, 4.69) is 54.7 Å². The summed E-state index contributed by atoms with van der Waals surface area (Å²) < 4.78 is 16.2. The highest BCUT2D eigenvalue weighted by Gasteiger charge is 2.20. The molecule has 2 N–H and O–H groups in total. The molecule has 10 heteroatoms. The summed E-state index contributed by atoms with van der Waals surface area (Å²) >= 11 is 5.46. The summed E-state index contributed by atoms with van der Waals surface area (Å²) in [6, 6.07) is 18.1. The molecule has 0 amide bonds. The quantitative estimate of drug-likeness (QED) is 0.516. The van der Waals surface area contributed by atoms with Crippen LogP contribution < -0.4 is 34.6 Å². The van der Waals surface area contributed by atoms with Gasteiger partial charge in [-0.3, -0.25) is 0 Å². The first-order valence-electron chi connectivity index (χ1n) is 11.1. The average Bonchev–Trinajstić information content (AvgIpc) is 3.36. The number of piperazine rings is 1. The Bertz CT molecular complexity index is 1150. The van der Waals surface area contributed by atoms with Crippen molar-refractivity contribution in [3.8, 4) is 17.4 Å². The third-order valence-corrected chi connectivity index (χ3v) is 5.99. The molecular formula is C24H26N6O3S. The smallest absolute Gasteiger partial charge is 0.234 e. The number of aromatic nitrogens is 2. The second-order valence-electron chi connectivity index (χ2n) is 7.90. The van der Waals surface area contributed by atoms with Crippen molar-refractivity contribution in [3.05, 3.63) is 60.2 Å². The predicted molar refractivity (Wildman–Crippen MR) is 135 cm³/mol. The van der Waals surface area contributed by atoms with Gasteiger partial charge in [-0.25, -0.2) is 0 Å². The van der Waals surface area contributed by atoms with Gasteiger partial charge in [0.2, 0.25) is 18.6 Å². The number of nitrogens with zero attached hydrogens (tertiary/aromatic N) is 4. The SMILES string of the molecule is COc1cc(N2CCN(c3ccccc3)CC2)nc(NC(=S)NCc2ccc3c(c2)OCO3)n1. The standard InChI is InChI=1S/C24H26N6O3S/c1-31-22-14-21(30-11-9-29(10-12-30)18-5-3-2-4-6-18)26-23(27-22)28-24(34)25-15-17-7-8-19-20(13-17)33-16-32-19/h2-8,13-14H,9-12,15-16H2,1H3,(H2,25,26,27,28,34). The highest BCUT2D eigenvalue weighted by atomic mass is 32.1. The summed E-state index contributed by atoms with van der Waals surface area (Å²) in [5.41, 5.74) is 2.26. The lowest BCUT2D eigenvalue weighted by atomic mass is 10.2. The van der Waals surface area contributed by atoms with Crippen molar-refractivity contribution < 1.29 is 14.2 Å². The minimum atomic E-state index is 0.253. The van der Waals surface area contributed by atoms with Gasteiger partial charge in [-0.05, 0) is 42.0 Å². The zero-order valence-electron chi connectivity index (χ0n) is 18.9. The Labute approximate surface area is 203 Å². The van der Waals surface area contributed by atoms with E-state index in [0.717, 1.165) is 49.1 Å². The van der Waals surface area contributed by atoms with Gasteiger partial charge < -0.3 is 34.6 Å². The number of anilines is 3. The molecule has 2 aromatic carbocycles. The van der Waals surface area contributed by atoms with Crippen LogP contribution in [0.1, 0.15) is 5.56 Å². The third-order valence-electron chi connectivity index (χ3n) is 5.74. The van der Waals surface area contributed by atoms with Gasteiger partial charge in [0.25, 0.3) is 0 Å². The highest BCUT2D eigenvalue weighted by Crippen LogP contribution is 2.32. The summed E-state index contributed by atoms with van der Waals surface area (Å²) in [7, 11) is 1.60. The van der Waals surface area contributed by atoms with Crippen LogP contribution in [0.15, 0.2) is 54.6 Å². The number of nitrogens with one attached hydrogen (secondary N) is 2. The largest absolute Gasteiger partial charge is 0.481 e. The van der Waals surface area contributed by atoms with E-state index in [9.17, 15) is 0 Å². The minimum absolute atomic E-state index is 0.253. The molecule has 176 valence electrons. The molecular weight excluding hydrogens is 452 g/mol. The number of hydrogen-bond acceptors (Lipinski definition) is 8. The summed E-state index contributed by atoms with van der Waals surface area (Å²) in [6.07, 6.45) is 0. The van der Waals surface area contributed by atoms with Crippen LogP contribution in [0.2, 0.25) is 0 Å². The van der Waals surface area contributed by atoms with Gasteiger partial charge in [0, 0.05) is 44.5 Å². The predicted octanol–water partition coefficient (Wildman–Crippen LogP) is 3.03. The molecule has 0 radical (unpaired) electrons. The normalized spacial score (nSPS) is 14.6. The van der Waals surface area contributed by atoms with E-state index in [4.69, 9.17) is 26.4 Å². The number of hydrogen-bond donors (Lipinski definition) is 2. The maximum Gasteiger partial charge on any atom is 0.234 e. The topological polar surface area (TPSA) is 84.0 Å². The van der Waals surface area contributed by atoms with Gasteiger partial charge in [-0.15, -0.1) is 0 Å². The Morgan fingerprint density at radius 3 is 2.53 bits per heavy atom. The Hall–Kier alpha value is -3.79. The number of rotatable bonds is 6. The van der Waals surface area contributed by atoms with E-state index in [0.29, 0.717) is 23.5 Å². The fourth-order valence-electron chi connectivity index (χ4n) is 3.95. The first-order chi connectivity index (χ1) is 16.7. The summed E-state index contributed by atoms with van der Waals surface area (Å²) in [5, 5.41) is 6.68. The number of benzene rings is 2. The molecule has 2 aliphatic rings. The van der Waals surface area contributed by atoms with Crippen molar-refractivity contribution in [3.63, 3.8) is 0 Å². The first kappa shape index (κ1) is 22.0. The van der Waals surface area contributed by atoms with Crippen molar-refractivity contribution in [2.45, 2.75) is 6.54 Å². The van der Waals surface area contributed by atoms with E-state index < -0.39 is 0 Å². The molecule has 0 atom stereocenters. The van der Waals surface area contributed by atoms with Crippen molar-refractivity contribution in [2.75, 3.05) is 55.2 Å². The number of methoxy groups -OCH3 is 1. The van der Waals surface area contributed by atoms with Crippen LogP contribution in [0.5, 0.6) is 17.4 Å². The fraction of sp³-hybridized carbons (Fsp3) is 0.292. The highest BCUT2D eigenvalue weighted by molar-refractivity contribution is 7.80. The molecule has 1 saturated heterocycles. The Morgan fingerprint density at radius 2 is 1.74 bits per heavy atom. The van der Waals surface area contributed by atoms with Crippen LogP contribution in [0.4, 0.5) is 17.5 Å². The first-order valence-corrected chi connectivity index (χ1v) is 11.5. The second kappa shape index (κ2) is 10.0. The number of fused-ring (bicyclic) bond motifs is 1. The molecule has 3 aromatic rings. The maximum atomic E-state index is 5.46. The van der Waals surface area contributed by atoms with Crippen molar-refractivity contribution in [2.24, 2.45) is 0 Å². The summed E-state index contributed by atoms with van der Waals surface area (Å²) in [4.78, 5) is 13.7. The molecule has 0 saturated carbocycles. The van der Waals surface area contributed by atoms with Crippen LogP contribution >= 0.6 is 12.2 Å². The zero-order chi connectivity index (χ0) is 23.3. The van der Waals surface area contributed by atoms with Gasteiger partial charge in [-0.2, -0.15) is 9.97 Å². The molecule has 5 rings (SSSR count). The monoisotopic (exact) mass is 478 g/mol. The molecule has 1 aromatic heterocycles. The lowest BCUT2D eigenvalue weighted by Crippen LogP contribution is -2.46. The van der Waals surface area contributed by atoms with Crippen molar-refractivity contribution in [1.29, 1.82) is 0 Å². The zero-order valence-corrected chi connectivity index (χ0v) is 19.7. The molecule has 34 heavy (non-hydrogen) atoms. The molecule has 1 fully saturated rings. The fourth-order valence-corrected chi connectivity index (χ4v) is 4.11. The number of thiocarbonyl (C=S) groups is 1. The Morgan fingerprint density at radius 1 is 0.971 bits per heavy atom. The van der Waals surface area contributed by atoms with E-state index in [1.165, 1.54) is 5.69 Å². The van der Waals surface area contributed by atoms with E-state index >= 15 is 0 Å². The number of ether oxygens (including phenoxy) is 3. The molecule has 2 aliphatic heterocycles. The van der Waals surface area contributed by atoms with Gasteiger partial charge in [0.1, 0.15) is 5.82 Å². The third kappa shape index (κ3) is 5.07. The lowest BCUT2D eigenvalue weighted by Gasteiger charge is -2.36. The van der Waals surface area contributed by atoms with Crippen molar-refractivity contribution in [1.82, 2.24) is 15.3 Å². The van der Waals surface area contributed by atoms with Gasteiger partial charge in [0.05, 0.1) is 7.11 Å². The van der Waals surface area contributed by atoms with Crippen LogP contribution in [0.3, 0.4) is 0 Å². The molecule has 0 spiro atoms. The molecule has 9 nitrogen and oxygen atoms in total. The van der Waals surface area contributed by atoms with Gasteiger partial charge in [0.15, 0.2) is 16.6 Å². The van der Waals surface area contributed by atoms with E-state index in [1.807, 2.05) is 30.3 Å². The van der Waals surface area contributed by atoms with E-state index in [-0.39, 0.29) is 6.79 Å². The second-order valence-corrected chi connectivity index (χ2v) is 8.31. The van der Waals surface area contributed by atoms with Crippen LogP contribution in [0, 0.1) is 0 Å². The maximum absolute atomic E-state index is 5.46. The number of para-hydroxylation sites is 1. The Kier molecular flexibility index (Phi) is 6.48. The van der Waals surface area contributed by atoms with Crippen LogP contribution in [-0.2, 0) is 6.54 Å². The van der Waals surface area contributed by atoms with E-state index in [1.54, 1.807) is 7.11 Å². The average molecular weight is 479 g/mol. The van der Waals surface area contributed by atoms with Gasteiger partial charge in [-0.1, -0.05) is 24.3 Å². The molecule has 0 aliphatic carbocycles. The molecule has 0 bridgehead atoms. The van der Waals surface area contributed by atoms with Crippen LogP contribution in [-0.4, -0.2) is 55.2 Å².